The van der Waals surface area contributed by atoms with Crippen molar-refractivity contribution < 1.29 is 9.47 Å². The number of nitrogens with one attached hydrogen (secondary N) is 1. The van der Waals surface area contributed by atoms with E-state index < -0.39 is 0 Å². The first-order valence-corrected chi connectivity index (χ1v) is 8.32. The molecule has 0 unspecified atom stereocenters. The number of hydrogen-bond donors (Lipinski definition) is 1. The fourth-order valence-corrected chi connectivity index (χ4v) is 2.92. The molecule has 3 rings (SSSR count). The maximum atomic E-state index is 5.34. The van der Waals surface area contributed by atoms with Crippen LogP contribution < -0.4 is 19.7 Å². The number of benzene rings is 1. The molecule has 1 saturated heterocycles. The van der Waals surface area contributed by atoms with Crippen molar-refractivity contribution in [3.63, 3.8) is 0 Å². The van der Waals surface area contributed by atoms with Crippen LogP contribution >= 0.6 is 0 Å². The molecule has 0 saturated carbocycles. The van der Waals surface area contributed by atoms with Gasteiger partial charge in [0.05, 0.1) is 14.2 Å². The highest BCUT2D eigenvalue weighted by molar-refractivity contribution is 5.49. The predicted molar refractivity (Wildman–Crippen MR) is 95.0 cm³/mol. The first kappa shape index (κ1) is 16.4. The van der Waals surface area contributed by atoms with E-state index >= 15 is 0 Å². The number of hydrogen-bond acceptors (Lipinski definition) is 6. The number of piperidine rings is 1. The van der Waals surface area contributed by atoms with E-state index in [1.165, 1.54) is 19.3 Å². The van der Waals surface area contributed by atoms with Crippen molar-refractivity contribution in [2.45, 2.75) is 25.8 Å². The first-order chi connectivity index (χ1) is 11.8. The molecule has 24 heavy (non-hydrogen) atoms. The Bertz CT molecular complexity index is 672. The molecule has 1 aromatic carbocycles. The summed E-state index contributed by atoms with van der Waals surface area (Å²) in [5.41, 5.74) is 1.10. The molecule has 128 valence electrons. The van der Waals surface area contributed by atoms with Gasteiger partial charge in [-0.1, -0.05) is 6.07 Å². The number of rotatable bonds is 6. The minimum Gasteiger partial charge on any atom is -0.493 e. The minimum absolute atomic E-state index is 0.663. The third-order valence-corrected chi connectivity index (χ3v) is 4.25. The highest BCUT2D eigenvalue weighted by Gasteiger charge is 2.12. The summed E-state index contributed by atoms with van der Waals surface area (Å²) < 4.78 is 10.6. The van der Waals surface area contributed by atoms with Gasteiger partial charge in [0.1, 0.15) is 18.0 Å². The molecule has 1 aliphatic heterocycles. The van der Waals surface area contributed by atoms with Crippen LogP contribution in [0.15, 0.2) is 30.6 Å². The van der Waals surface area contributed by atoms with Crippen LogP contribution in [0.3, 0.4) is 0 Å². The van der Waals surface area contributed by atoms with Gasteiger partial charge < -0.3 is 19.7 Å². The van der Waals surface area contributed by atoms with E-state index in [1.807, 2.05) is 24.3 Å². The van der Waals surface area contributed by atoms with Gasteiger partial charge >= 0.3 is 0 Å². The Morgan fingerprint density at radius 1 is 1.00 bits per heavy atom. The Labute approximate surface area is 142 Å². The van der Waals surface area contributed by atoms with Crippen molar-refractivity contribution in [3.05, 3.63) is 36.2 Å². The van der Waals surface area contributed by atoms with Crippen molar-refractivity contribution in [2.24, 2.45) is 0 Å². The van der Waals surface area contributed by atoms with E-state index in [4.69, 9.17) is 9.47 Å². The minimum atomic E-state index is 0.663. The zero-order chi connectivity index (χ0) is 16.8. The molecule has 1 aromatic heterocycles. The average Bonchev–Trinajstić information content (AvgIpc) is 2.67. The molecule has 2 heterocycles. The van der Waals surface area contributed by atoms with E-state index in [0.29, 0.717) is 6.54 Å². The molecule has 6 nitrogen and oxygen atoms in total. The maximum absolute atomic E-state index is 5.34. The normalized spacial score (nSPS) is 14.3. The lowest BCUT2D eigenvalue weighted by molar-refractivity contribution is 0.354. The lowest BCUT2D eigenvalue weighted by Crippen LogP contribution is -2.30. The third-order valence-electron chi connectivity index (χ3n) is 4.25. The number of anilines is 2. The van der Waals surface area contributed by atoms with Gasteiger partial charge in [0, 0.05) is 25.7 Å². The Hall–Kier alpha value is -2.50. The lowest BCUT2D eigenvalue weighted by Gasteiger charge is -2.27. The van der Waals surface area contributed by atoms with E-state index in [1.54, 1.807) is 20.5 Å². The maximum Gasteiger partial charge on any atom is 0.161 e. The van der Waals surface area contributed by atoms with E-state index in [2.05, 4.69) is 20.2 Å². The van der Waals surface area contributed by atoms with Gasteiger partial charge in [-0.3, -0.25) is 0 Å². The smallest absolute Gasteiger partial charge is 0.161 e. The fourth-order valence-electron chi connectivity index (χ4n) is 2.92. The summed E-state index contributed by atoms with van der Waals surface area (Å²) in [5.74, 6) is 3.30. The Balaban J connectivity index is 1.66. The first-order valence-electron chi connectivity index (χ1n) is 8.32. The second-order valence-corrected chi connectivity index (χ2v) is 5.85. The van der Waals surface area contributed by atoms with Crippen molar-refractivity contribution in [1.82, 2.24) is 9.97 Å². The van der Waals surface area contributed by atoms with Crippen LogP contribution in [0.1, 0.15) is 24.8 Å². The SMILES string of the molecule is COc1ccc(CNc2cc(N3CCCCC3)ncn2)cc1OC. The summed E-state index contributed by atoms with van der Waals surface area (Å²) in [7, 11) is 3.28. The molecule has 0 bridgehead atoms. The molecular weight excluding hydrogens is 304 g/mol. The third kappa shape index (κ3) is 3.88. The van der Waals surface area contributed by atoms with Crippen LogP contribution in [0.25, 0.3) is 0 Å². The highest BCUT2D eigenvalue weighted by atomic mass is 16.5. The summed E-state index contributed by atoms with van der Waals surface area (Å²) in [6.07, 6.45) is 5.41. The molecule has 0 atom stereocenters. The highest BCUT2D eigenvalue weighted by Crippen LogP contribution is 2.28. The zero-order valence-electron chi connectivity index (χ0n) is 14.3. The van der Waals surface area contributed by atoms with Crippen molar-refractivity contribution >= 4 is 11.6 Å². The summed E-state index contributed by atoms with van der Waals surface area (Å²) >= 11 is 0. The molecule has 2 aromatic rings. The van der Waals surface area contributed by atoms with Crippen LogP contribution in [0.5, 0.6) is 11.5 Å². The summed E-state index contributed by atoms with van der Waals surface area (Å²) in [6.45, 7) is 2.81. The van der Waals surface area contributed by atoms with E-state index in [9.17, 15) is 0 Å². The zero-order valence-corrected chi connectivity index (χ0v) is 14.3. The van der Waals surface area contributed by atoms with Crippen LogP contribution in [-0.2, 0) is 6.54 Å². The Kier molecular flexibility index (Phi) is 5.36. The largest absolute Gasteiger partial charge is 0.493 e. The molecule has 1 N–H and O–H groups in total. The second-order valence-electron chi connectivity index (χ2n) is 5.85. The number of ether oxygens (including phenoxy) is 2. The molecule has 1 aliphatic rings. The fraction of sp³-hybridized carbons (Fsp3) is 0.444. The molecule has 6 heteroatoms. The summed E-state index contributed by atoms with van der Waals surface area (Å²) in [4.78, 5) is 11.1. The van der Waals surface area contributed by atoms with Gasteiger partial charge in [-0.05, 0) is 37.0 Å². The molecule has 0 aliphatic carbocycles. The molecule has 1 fully saturated rings. The Morgan fingerprint density at radius 2 is 1.79 bits per heavy atom. The quantitative estimate of drug-likeness (QED) is 0.879. The molecule has 0 spiro atoms. The average molecular weight is 328 g/mol. The number of nitrogens with zero attached hydrogens (tertiary/aromatic N) is 3. The van der Waals surface area contributed by atoms with Gasteiger partial charge in [-0.25, -0.2) is 9.97 Å². The van der Waals surface area contributed by atoms with Gasteiger partial charge in [0.15, 0.2) is 11.5 Å². The monoisotopic (exact) mass is 328 g/mol. The van der Waals surface area contributed by atoms with Gasteiger partial charge in [-0.2, -0.15) is 0 Å². The van der Waals surface area contributed by atoms with Crippen molar-refractivity contribution in [3.8, 4) is 11.5 Å². The lowest BCUT2D eigenvalue weighted by atomic mass is 10.1. The number of aromatic nitrogens is 2. The molecule has 0 radical (unpaired) electrons. The van der Waals surface area contributed by atoms with E-state index in [0.717, 1.165) is 41.8 Å². The van der Waals surface area contributed by atoms with Gasteiger partial charge in [0.2, 0.25) is 0 Å². The molecule has 0 amide bonds. The molecular formula is C18H24N4O2. The predicted octanol–water partition coefficient (Wildman–Crippen LogP) is 3.10. The van der Waals surface area contributed by atoms with Crippen LogP contribution in [-0.4, -0.2) is 37.3 Å². The van der Waals surface area contributed by atoms with Gasteiger partial charge in [0.25, 0.3) is 0 Å². The van der Waals surface area contributed by atoms with Crippen LogP contribution in [0.2, 0.25) is 0 Å². The van der Waals surface area contributed by atoms with Crippen LogP contribution in [0, 0.1) is 0 Å². The number of methoxy groups -OCH3 is 2. The van der Waals surface area contributed by atoms with Crippen molar-refractivity contribution in [2.75, 3.05) is 37.5 Å². The second kappa shape index (κ2) is 7.86. The Morgan fingerprint density at radius 3 is 2.54 bits per heavy atom. The van der Waals surface area contributed by atoms with E-state index in [-0.39, 0.29) is 0 Å². The summed E-state index contributed by atoms with van der Waals surface area (Å²) in [6, 6.07) is 7.92. The summed E-state index contributed by atoms with van der Waals surface area (Å²) in [5, 5.41) is 3.36. The van der Waals surface area contributed by atoms with Gasteiger partial charge in [-0.15, -0.1) is 0 Å². The van der Waals surface area contributed by atoms with Crippen LogP contribution in [0.4, 0.5) is 11.6 Å². The topological polar surface area (TPSA) is 59.5 Å². The van der Waals surface area contributed by atoms with Crippen molar-refractivity contribution in [1.29, 1.82) is 0 Å². The standard InChI is InChI=1S/C18H24N4O2/c1-23-15-7-6-14(10-16(15)24-2)12-19-17-11-18(21-13-20-17)22-8-4-3-5-9-22/h6-7,10-11,13H,3-5,8-9,12H2,1-2H3,(H,19,20,21).